The average Bonchev–Trinajstić information content (AvgIpc) is 3.01. The normalized spacial score (nSPS) is 11.1. The summed E-state index contributed by atoms with van der Waals surface area (Å²) in [5.41, 5.74) is 6.32. The van der Waals surface area contributed by atoms with Gasteiger partial charge in [-0.05, 0) is 64.4 Å². The number of hydrogen-bond donors (Lipinski definition) is 0. The number of amides is 1. The molecule has 2 heterocycles. The van der Waals surface area contributed by atoms with E-state index < -0.39 is 0 Å². The van der Waals surface area contributed by atoms with Gasteiger partial charge in [-0.15, -0.1) is 0 Å². The van der Waals surface area contributed by atoms with Gasteiger partial charge in [-0.2, -0.15) is 5.10 Å². The summed E-state index contributed by atoms with van der Waals surface area (Å²) in [6, 6.07) is 7.98. The smallest absolute Gasteiger partial charge is 0.227 e. The fourth-order valence-corrected chi connectivity index (χ4v) is 3.62. The summed E-state index contributed by atoms with van der Waals surface area (Å²) in [5.74, 6) is 0.922. The second kappa shape index (κ2) is 8.00. The lowest BCUT2D eigenvalue weighted by Crippen LogP contribution is -2.31. The second-order valence-corrected chi connectivity index (χ2v) is 7.03. The number of aryl methyl sites for hydroxylation is 3. The van der Waals surface area contributed by atoms with Gasteiger partial charge in [0.15, 0.2) is 5.65 Å². The van der Waals surface area contributed by atoms with Gasteiger partial charge in [-0.3, -0.25) is 4.79 Å². The van der Waals surface area contributed by atoms with Gasteiger partial charge in [0, 0.05) is 35.6 Å². The number of methoxy groups -OCH3 is 1. The molecule has 0 saturated carbocycles. The first-order valence-electron chi connectivity index (χ1n) is 9.68. The lowest BCUT2D eigenvalue weighted by Gasteiger charge is -2.18. The van der Waals surface area contributed by atoms with Crippen molar-refractivity contribution < 1.29 is 9.53 Å². The van der Waals surface area contributed by atoms with Crippen LogP contribution >= 0.6 is 0 Å². The largest absolute Gasteiger partial charge is 0.496 e. The maximum absolute atomic E-state index is 12.9. The van der Waals surface area contributed by atoms with E-state index in [4.69, 9.17) is 14.8 Å². The zero-order chi connectivity index (χ0) is 20.4. The van der Waals surface area contributed by atoms with E-state index in [-0.39, 0.29) is 12.3 Å². The predicted octanol–water partition coefficient (Wildman–Crippen LogP) is 3.74. The van der Waals surface area contributed by atoms with Gasteiger partial charge in [-0.1, -0.05) is 0 Å². The molecule has 0 atom stereocenters. The van der Waals surface area contributed by atoms with E-state index in [2.05, 4.69) is 0 Å². The molecule has 3 rings (SSSR count). The highest BCUT2D eigenvalue weighted by molar-refractivity contribution is 5.85. The third-order valence-corrected chi connectivity index (χ3v) is 5.10. The van der Waals surface area contributed by atoms with Gasteiger partial charge in [0.2, 0.25) is 5.91 Å². The first kappa shape index (κ1) is 19.9. The van der Waals surface area contributed by atoms with Crippen LogP contribution < -0.4 is 4.74 Å². The average molecular weight is 380 g/mol. The highest BCUT2D eigenvalue weighted by Gasteiger charge is 2.22. The molecular formula is C22H28N4O2. The monoisotopic (exact) mass is 380 g/mol. The molecule has 0 bridgehead atoms. The van der Waals surface area contributed by atoms with Gasteiger partial charge in [0.1, 0.15) is 5.75 Å². The van der Waals surface area contributed by atoms with Crippen molar-refractivity contribution in [3.8, 4) is 17.0 Å². The molecule has 0 aliphatic rings. The molecule has 0 saturated heterocycles. The topological polar surface area (TPSA) is 59.7 Å². The van der Waals surface area contributed by atoms with Crippen molar-refractivity contribution in [3.05, 3.63) is 46.8 Å². The summed E-state index contributed by atoms with van der Waals surface area (Å²) >= 11 is 0. The van der Waals surface area contributed by atoms with Crippen LogP contribution in [0.4, 0.5) is 0 Å². The van der Waals surface area contributed by atoms with Crippen LogP contribution in [0.15, 0.2) is 24.3 Å². The van der Waals surface area contributed by atoms with Crippen LogP contribution in [-0.2, 0) is 11.2 Å². The minimum Gasteiger partial charge on any atom is -0.496 e. The third kappa shape index (κ3) is 3.59. The highest BCUT2D eigenvalue weighted by Crippen LogP contribution is 2.30. The first-order valence-corrected chi connectivity index (χ1v) is 9.68. The fraction of sp³-hybridized carbons (Fsp3) is 0.409. The molecule has 1 aromatic carbocycles. The van der Waals surface area contributed by atoms with Crippen LogP contribution in [0, 0.1) is 20.8 Å². The molecule has 28 heavy (non-hydrogen) atoms. The van der Waals surface area contributed by atoms with Crippen LogP contribution in [0.1, 0.15) is 36.4 Å². The van der Waals surface area contributed by atoms with E-state index in [9.17, 15) is 4.79 Å². The van der Waals surface area contributed by atoms with E-state index in [1.807, 2.05) is 68.3 Å². The van der Waals surface area contributed by atoms with Gasteiger partial charge >= 0.3 is 0 Å². The third-order valence-electron chi connectivity index (χ3n) is 5.10. The minimum atomic E-state index is 0.0901. The standard InChI is InChI=1S/C22H28N4O2/c1-7-25(8-2)20(27)13-18-21(17-9-10-19(28-6)14(3)11-17)24-26-16(5)12-15(4)23-22(18)26/h9-12H,7-8,13H2,1-6H3. The molecule has 0 fully saturated rings. The lowest BCUT2D eigenvalue weighted by molar-refractivity contribution is -0.130. The summed E-state index contributed by atoms with van der Waals surface area (Å²) in [6.07, 6.45) is 0.279. The number of benzene rings is 1. The van der Waals surface area contributed by atoms with Crippen LogP contribution in [0.25, 0.3) is 16.9 Å². The van der Waals surface area contributed by atoms with Crippen LogP contribution in [0.2, 0.25) is 0 Å². The van der Waals surface area contributed by atoms with E-state index in [1.54, 1.807) is 7.11 Å². The Morgan fingerprint density at radius 2 is 1.86 bits per heavy atom. The lowest BCUT2D eigenvalue weighted by atomic mass is 10.0. The zero-order valence-corrected chi connectivity index (χ0v) is 17.5. The summed E-state index contributed by atoms with van der Waals surface area (Å²) in [6.45, 7) is 11.4. The molecule has 6 heteroatoms. The molecule has 0 aliphatic carbocycles. The number of carbonyl (C=O) groups excluding carboxylic acids is 1. The number of aromatic nitrogens is 3. The number of fused-ring (bicyclic) bond motifs is 1. The number of likely N-dealkylation sites (N-methyl/N-ethyl adjacent to an activating group) is 1. The summed E-state index contributed by atoms with van der Waals surface area (Å²) < 4.78 is 7.23. The molecule has 0 aliphatic heterocycles. The van der Waals surface area contributed by atoms with Crippen LogP contribution in [-0.4, -0.2) is 45.6 Å². The Bertz CT molecular complexity index is 1020. The molecule has 0 N–H and O–H groups in total. The van der Waals surface area contributed by atoms with E-state index in [0.29, 0.717) is 13.1 Å². The van der Waals surface area contributed by atoms with Gasteiger partial charge < -0.3 is 9.64 Å². The van der Waals surface area contributed by atoms with Crippen LogP contribution in [0.5, 0.6) is 5.75 Å². The Balaban J connectivity index is 2.20. The van der Waals surface area contributed by atoms with E-state index in [0.717, 1.165) is 45.2 Å². The first-order chi connectivity index (χ1) is 13.4. The number of ether oxygens (including phenoxy) is 1. The molecule has 1 amide bonds. The second-order valence-electron chi connectivity index (χ2n) is 7.03. The maximum atomic E-state index is 12.9. The number of rotatable bonds is 6. The molecule has 6 nitrogen and oxygen atoms in total. The van der Waals surface area contributed by atoms with Gasteiger partial charge in [0.25, 0.3) is 0 Å². The quantitative estimate of drug-likeness (QED) is 0.654. The van der Waals surface area contributed by atoms with Crippen molar-refractivity contribution in [3.63, 3.8) is 0 Å². The molecule has 148 valence electrons. The molecule has 2 aromatic heterocycles. The van der Waals surface area contributed by atoms with Crippen molar-refractivity contribution in [2.45, 2.75) is 41.0 Å². The molecule has 3 aromatic rings. The van der Waals surface area contributed by atoms with Gasteiger partial charge in [-0.25, -0.2) is 9.50 Å². The predicted molar refractivity (Wildman–Crippen MR) is 111 cm³/mol. The van der Waals surface area contributed by atoms with Crippen molar-refractivity contribution in [1.29, 1.82) is 0 Å². The summed E-state index contributed by atoms with van der Waals surface area (Å²) in [5, 5.41) is 4.83. The van der Waals surface area contributed by atoms with Crippen molar-refractivity contribution in [2.24, 2.45) is 0 Å². The van der Waals surface area contributed by atoms with Crippen LogP contribution in [0.3, 0.4) is 0 Å². The molecular weight excluding hydrogens is 352 g/mol. The number of hydrogen-bond acceptors (Lipinski definition) is 4. The Morgan fingerprint density at radius 1 is 1.14 bits per heavy atom. The Hall–Kier alpha value is -2.89. The molecule has 0 unspecified atom stereocenters. The zero-order valence-electron chi connectivity index (χ0n) is 17.5. The Kier molecular flexibility index (Phi) is 5.68. The van der Waals surface area contributed by atoms with Crippen molar-refractivity contribution in [2.75, 3.05) is 20.2 Å². The van der Waals surface area contributed by atoms with Crippen molar-refractivity contribution in [1.82, 2.24) is 19.5 Å². The van der Waals surface area contributed by atoms with E-state index >= 15 is 0 Å². The SMILES string of the molecule is CCN(CC)C(=O)Cc1c(-c2ccc(OC)c(C)c2)nn2c(C)cc(C)nc12. The number of carbonyl (C=O) groups is 1. The van der Waals surface area contributed by atoms with Crippen molar-refractivity contribution >= 4 is 11.6 Å². The molecule has 0 spiro atoms. The maximum Gasteiger partial charge on any atom is 0.227 e. The summed E-state index contributed by atoms with van der Waals surface area (Å²) in [7, 11) is 1.66. The Labute approximate surface area is 166 Å². The van der Waals surface area contributed by atoms with Gasteiger partial charge in [0.05, 0.1) is 19.2 Å². The number of nitrogens with zero attached hydrogens (tertiary/aromatic N) is 4. The summed E-state index contributed by atoms with van der Waals surface area (Å²) in [4.78, 5) is 19.4. The Morgan fingerprint density at radius 3 is 2.46 bits per heavy atom. The molecule has 0 radical (unpaired) electrons. The minimum absolute atomic E-state index is 0.0901. The van der Waals surface area contributed by atoms with E-state index in [1.165, 1.54) is 0 Å². The fourth-order valence-electron chi connectivity index (χ4n) is 3.62. The highest BCUT2D eigenvalue weighted by atomic mass is 16.5.